The lowest BCUT2D eigenvalue weighted by molar-refractivity contribution is -0.155. The second-order valence-electron chi connectivity index (χ2n) is 4.67. The normalized spacial score (nSPS) is 11.6. The summed E-state index contributed by atoms with van der Waals surface area (Å²) in [5.41, 5.74) is 6.94. The molecule has 2 aromatic rings. The van der Waals surface area contributed by atoms with Crippen LogP contribution in [0.2, 0.25) is 0 Å². The number of carbonyl (C=O) groups is 2. The molecule has 0 heterocycles. The van der Waals surface area contributed by atoms with Crippen molar-refractivity contribution in [1.29, 1.82) is 0 Å². The number of primary amides is 1. The fraction of sp³-hybridized carbons (Fsp3) is 0.176. The first kappa shape index (κ1) is 14.8. The average Bonchev–Trinajstić information content (AvgIpc) is 2.52. The predicted molar refractivity (Wildman–Crippen MR) is 79.2 cm³/mol. The zero-order valence-corrected chi connectivity index (χ0v) is 11.6. The van der Waals surface area contributed by atoms with E-state index in [1.54, 1.807) is 24.3 Å². The number of aryl methyl sites for hydroxylation is 1. The average molecular weight is 283 g/mol. The SMILES string of the molecule is NC(=O)C(OC(=O)CCc1ccccc1)c1ccccc1. The Morgan fingerprint density at radius 1 is 0.952 bits per heavy atom. The van der Waals surface area contributed by atoms with Crippen molar-refractivity contribution in [3.05, 3.63) is 71.8 Å². The van der Waals surface area contributed by atoms with E-state index in [1.165, 1.54) is 0 Å². The van der Waals surface area contributed by atoms with E-state index in [-0.39, 0.29) is 6.42 Å². The molecule has 0 bridgehead atoms. The van der Waals surface area contributed by atoms with Gasteiger partial charge in [-0.25, -0.2) is 0 Å². The molecule has 1 unspecified atom stereocenters. The van der Waals surface area contributed by atoms with Crippen LogP contribution in [-0.2, 0) is 20.7 Å². The third kappa shape index (κ3) is 4.45. The third-order valence-corrected chi connectivity index (χ3v) is 3.07. The molecule has 0 saturated carbocycles. The van der Waals surface area contributed by atoms with Crippen molar-refractivity contribution >= 4 is 11.9 Å². The van der Waals surface area contributed by atoms with Gasteiger partial charge in [-0.2, -0.15) is 0 Å². The Kier molecular flexibility index (Phi) is 5.10. The largest absolute Gasteiger partial charge is 0.447 e. The minimum Gasteiger partial charge on any atom is -0.447 e. The summed E-state index contributed by atoms with van der Waals surface area (Å²) in [6.07, 6.45) is -0.255. The molecule has 4 heteroatoms. The summed E-state index contributed by atoms with van der Waals surface area (Å²) in [6.45, 7) is 0. The van der Waals surface area contributed by atoms with Gasteiger partial charge in [0.2, 0.25) is 6.10 Å². The van der Waals surface area contributed by atoms with Gasteiger partial charge in [-0.15, -0.1) is 0 Å². The first-order valence-electron chi connectivity index (χ1n) is 6.74. The van der Waals surface area contributed by atoms with Crippen LogP contribution in [0.4, 0.5) is 0 Å². The predicted octanol–water partition coefficient (Wildman–Crippen LogP) is 2.39. The number of esters is 1. The van der Waals surface area contributed by atoms with E-state index >= 15 is 0 Å². The van der Waals surface area contributed by atoms with Crippen molar-refractivity contribution in [2.45, 2.75) is 18.9 Å². The van der Waals surface area contributed by atoms with Gasteiger partial charge >= 0.3 is 5.97 Å². The van der Waals surface area contributed by atoms with Crippen LogP contribution in [0.5, 0.6) is 0 Å². The van der Waals surface area contributed by atoms with Gasteiger partial charge in [-0.1, -0.05) is 60.7 Å². The molecule has 21 heavy (non-hydrogen) atoms. The lowest BCUT2D eigenvalue weighted by Gasteiger charge is -2.15. The van der Waals surface area contributed by atoms with Crippen LogP contribution in [-0.4, -0.2) is 11.9 Å². The molecule has 2 aromatic carbocycles. The third-order valence-electron chi connectivity index (χ3n) is 3.07. The van der Waals surface area contributed by atoms with Crippen LogP contribution in [0.1, 0.15) is 23.7 Å². The lowest BCUT2D eigenvalue weighted by atomic mass is 10.1. The summed E-state index contributed by atoms with van der Waals surface area (Å²) in [6, 6.07) is 18.4. The van der Waals surface area contributed by atoms with E-state index in [2.05, 4.69) is 0 Å². The van der Waals surface area contributed by atoms with Crippen LogP contribution in [0.15, 0.2) is 60.7 Å². The standard InChI is InChI=1S/C17H17NO3/c18-17(20)16(14-9-5-2-6-10-14)21-15(19)12-11-13-7-3-1-4-8-13/h1-10,16H,11-12H2,(H2,18,20). The second kappa shape index (κ2) is 7.24. The molecule has 0 spiro atoms. The summed E-state index contributed by atoms with van der Waals surface area (Å²) in [5.74, 6) is -1.11. The van der Waals surface area contributed by atoms with Crippen molar-refractivity contribution in [3.8, 4) is 0 Å². The first-order chi connectivity index (χ1) is 10.2. The van der Waals surface area contributed by atoms with Crippen molar-refractivity contribution in [3.63, 3.8) is 0 Å². The van der Waals surface area contributed by atoms with Gasteiger partial charge in [0.05, 0.1) is 0 Å². The minimum absolute atomic E-state index is 0.209. The molecule has 0 aliphatic rings. The van der Waals surface area contributed by atoms with Gasteiger partial charge in [0.25, 0.3) is 5.91 Å². The molecule has 2 N–H and O–H groups in total. The highest BCUT2D eigenvalue weighted by atomic mass is 16.5. The first-order valence-corrected chi connectivity index (χ1v) is 6.74. The fourth-order valence-corrected chi connectivity index (χ4v) is 2.00. The number of ether oxygens (including phenoxy) is 1. The van der Waals surface area contributed by atoms with Gasteiger partial charge < -0.3 is 10.5 Å². The lowest BCUT2D eigenvalue weighted by Crippen LogP contribution is -2.26. The van der Waals surface area contributed by atoms with Crippen LogP contribution >= 0.6 is 0 Å². The fourth-order valence-electron chi connectivity index (χ4n) is 2.00. The van der Waals surface area contributed by atoms with E-state index in [0.717, 1.165) is 5.56 Å². The minimum atomic E-state index is -1.03. The second-order valence-corrected chi connectivity index (χ2v) is 4.67. The Labute approximate surface area is 123 Å². The number of carbonyl (C=O) groups excluding carboxylic acids is 2. The number of rotatable bonds is 6. The summed E-state index contributed by atoms with van der Waals surface area (Å²) < 4.78 is 5.21. The smallest absolute Gasteiger partial charge is 0.307 e. The molecule has 0 aliphatic carbocycles. The molecule has 0 saturated heterocycles. The Balaban J connectivity index is 1.95. The molecule has 0 radical (unpaired) electrons. The maximum absolute atomic E-state index is 11.9. The maximum Gasteiger partial charge on any atom is 0.307 e. The van der Waals surface area contributed by atoms with Gasteiger partial charge in [0.1, 0.15) is 0 Å². The van der Waals surface area contributed by atoms with Gasteiger partial charge in [0.15, 0.2) is 0 Å². The Hall–Kier alpha value is -2.62. The van der Waals surface area contributed by atoms with Crippen LogP contribution in [0.25, 0.3) is 0 Å². The summed E-state index contributed by atoms with van der Waals surface area (Å²) in [4.78, 5) is 23.3. The van der Waals surface area contributed by atoms with Crippen molar-refractivity contribution in [1.82, 2.24) is 0 Å². The zero-order valence-electron chi connectivity index (χ0n) is 11.6. The Bertz CT molecular complexity index is 596. The molecule has 2 rings (SSSR count). The highest BCUT2D eigenvalue weighted by Crippen LogP contribution is 2.17. The maximum atomic E-state index is 11.9. The molecule has 1 atom stereocenters. The quantitative estimate of drug-likeness (QED) is 0.827. The van der Waals surface area contributed by atoms with Crippen LogP contribution < -0.4 is 5.73 Å². The van der Waals surface area contributed by atoms with E-state index in [4.69, 9.17) is 10.5 Å². The van der Waals surface area contributed by atoms with E-state index < -0.39 is 18.0 Å². The molecule has 0 fully saturated rings. The Morgan fingerprint density at radius 2 is 1.52 bits per heavy atom. The number of amides is 1. The van der Waals surface area contributed by atoms with Gasteiger partial charge in [-0.3, -0.25) is 9.59 Å². The summed E-state index contributed by atoms with van der Waals surface area (Å²) in [7, 11) is 0. The van der Waals surface area contributed by atoms with Crippen molar-refractivity contribution in [2.75, 3.05) is 0 Å². The van der Waals surface area contributed by atoms with Crippen LogP contribution in [0, 0.1) is 0 Å². The van der Waals surface area contributed by atoms with Gasteiger partial charge in [0, 0.05) is 12.0 Å². The highest BCUT2D eigenvalue weighted by molar-refractivity contribution is 5.83. The van der Waals surface area contributed by atoms with Gasteiger partial charge in [-0.05, 0) is 12.0 Å². The van der Waals surface area contributed by atoms with E-state index in [1.807, 2.05) is 36.4 Å². The topological polar surface area (TPSA) is 69.4 Å². The number of hydrogen-bond acceptors (Lipinski definition) is 3. The molecular weight excluding hydrogens is 266 g/mol. The van der Waals surface area contributed by atoms with Crippen LogP contribution in [0.3, 0.4) is 0 Å². The molecule has 1 amide bonds. The number of benzene rings is 2. The zero-order chi connectivity index (χ0) is 15.1. The monoisotopic (exact) mass is 283 g/mol. The Morgan fingerprint density at radius 3 is 2.10 bits per heavy atom. The molecule has 4 nitrogen and oxygen atoms in total. The molecule has 0 aliphatic heterocycles. The van der Waals surface area contributed by atoms with Crippen molar-refractivity contribution < 1.29 is 14.3 Å². The van der Waals surface area contributed by atoms with Crippen molar-refractivity contribution in [2.24, 2.45) is 5.73 Å². The van der Waals surface area contributed by atoms with E-state index in [9.17, 15) is 9.59 Å². The number of hydrogen-bond donors (Lipinski definition) is 1. The summed E-state index contributed by atoms with van der Waals surface area (Å²) in [5, 5.41) is 0. The molecule has 0 aromatic heterocycles. The number of nitrogens with two attached hydrogens (primary N) is 1. The van der Waals surface area contributed by atoms with E-state index in [0.29, 0.717) is 12.0 Å². The molecular formula is C17H17NO3. The highest BCUT2D eigenvalue weighted by Gasteiger charge is 2.22. The molecule has 108 valence electrons. The summed E-state index contributed by atoms with van der Waals surface area (Å²) >= 11 is 0.